The standard InChI is InChI=1S/C26H40O6Si2/c1-16-14-24-15-26(16,32-34(7,8)9)18(31-33(4,5)6)13-17(24)25-12-10-11-23(2,22(28)30-25)20(25)19(24)21(27)29-3/h10-11,17-20H,1,12-15H2,2-9H3/t17?,18-,19?,20?,23?,24+,25-,26+/m1/s1. The van der Waals surface area contributed by atoms with Gasteiger partial charge in [-0.2, -0.15) is 0 Å². The quantitative estimate of drug-likeness (QED) is 0.303. The van der Waals surface area contributed by atoms with Crippen LogP contribution in [-0.2, 0) is 27.9 Å². The molecule has 5 aliphatic rings. The summed E-state index contributed by atoms with van der Waals surface area (Å²) in [5.74, 6) is -1.16. The van der Waals surface area contributed by atoms with Crippen molar-refractivity contribution in [2.24, 2.45) is 28.6 Å². The van der Waals surface area contributed by atoms with Crippen molar-refractivity contribution in [2.45, 2.75) is 89.2 Å². The van der Waals surface area contributed by atoms with Crippen LogP contribution in [0.2, 0.25) is 39.3 Å². The molecule has 6 nitrogen and oxygen atoms in total. The van der Waals surface area contributed by atoms with E-state index < -0.39 is 44.6 Å². The Labute approximate surface area is 205 Å². The van der Waals surface area contributed by atoms with E-state index in [-0.39, 0.29) is 29.9 Å². The Balaban J connectivity index is 1.72. The number of methoxy groups -OCH3 is 1. The largest absolute Gasteiger partial charge is 0.469 e. The summed E-state index contributed by atoms with van der Waals surface area (Å²) in [6, 6.07) is 0. The normalized spacial score (nSPS) is 46.8. The van der Waals surface area contributed by atoms with Crippen molar-refractivity contribution in [2.75, 3.05) is 7.11 Å². The molecule has 1 heterocycles. The molecule has 188 valence electrons. The van der Waals surface area contributed by atoms with Gasteiger partial charge in [-0.05, 0) is 76.5 Å². The molecule has 0 aromatic rings. The van der Waals surface area contributed by atoms with Gasteiger partial charge in [-0.3, -0.25) is 9.59 Å². The van der Waals surface area contributed by atoms with Gasteiger partial charge in [0.05, 0.1) is 24.5 Å². The molecule has 0 aromatic heterocycles. The van der Waals surface area contributed by atoms with E-state index in [2.05, 4.69) is 51.9 Å². The Bertz CT molecular complexity index is 994. The lowest BCUT2D eigenvalue weighted by atomic mass is 9.61. The Morgan fingerprint density at radius 1 is 1.18 bits per heavy atom. The third-order valence-electron chi connectivity index (χ3n) is 9.17. The molecular formula is C26H40O6Si2. The van der Waals surface area contributed by atoms with E-state index in [0.717, 1.165) is 5.57 Å². The summed E-state index contributed by atoms with van der Waals surface area (Å²) in [7, 11) is -2.48. The summed E-state index contributed by atoms with van der Waals surface area (Å²) in [4.78, 5) is 26.8. The molecule has 4 aliphatic carbocycles. The minimum Gasteiger partial charge on any atom is -0.469 e. The van der Waals surface area contributed by atoms with E-state index in [0.29, 0.717) is 25.7 Å². The zero-order valence-electron chi connectivity index (χ0n) is 21.9. The molecule has 4 bridgehead atoms. The van der Waals surface area contributed by atoms with Gasteiger partial charge in [0.25, 0.3) is 0 Å². The Hall–Kier alpha value is -1.23. The molecule has 8 atom stereocenters. The highest BCUT2D eigenvalue weighted by Gasteiger charge is 2.84. The highest BCUT2D eigenvalue weighted by molar-refractivity contribution is 6.70. The summed E-state index contributed by atoms with van der Waals surface area (Å²) >= 11 is 0. The van der Waals surface area contributed by atoms with Crippen molar-refractivity contribution in [3.63, 3.8) is 0 Å². The third kappa shape index (κ3) is 2.97. The number of esters is 2. The Morgan fingerprint density at radius 3 is 2.44 bits per heavy atom. The van der Waals surface area contributed by atoms with Crippen LogP contribution in [-0.4, -0.2) is 53.0 Å². The lowest BCUT2D eigenvalue weighted by molar-refractivity contribution is -0.168. The molecule has 0 radical (unpaired) electrons. The first-order valence-corrected chi connectivity index (χ1v) is 19.4. The first kappa shape index (κ1) is 24.5. The molecule has 8 heteroatoms. The van der Waals surface area contributed by atoms with Crippen LogP contribution < -0.4 is 0 Å². The molecule has 1 spiro atoms. The van der Waals surface area contributed by atoms with Crippen molar-refractivity contribution in [3.05, 3.63) is 24.3 Å². The lowest BCUT2D eigenvalue weighted by Crippen LogP contribution is -2.60. The second-order valence-corrected chi connectivity index (χ2v) is 22.4. The van der Waals surface area contributed by atoms with Crippen molar-refractivity contribution in [1.29, 1.82) is 0 Å². The van der Waals surface area contributed by atoms with Crippen LogP contribution in [0.3, 0.4) is 0 Å². The first-order chi connectivity index (χ1) is 15.5. The van der Waals surface area contributed by atoms with Gasteiger partial charge in [0.1, 0.15) is 11.2 Å². The average molecular weight is 505 g/mol. The van der Waals surface area contributed by atoms with E-state index in [1.54, 1.807) is 0 Å². The van der Waals surface area contributed by atoms with Crippen LogP contribution in [0, 0.1) is 28.6 Å². The van der Waals surface area contributed by atoms with Crippen LogP contribution in [0.25, 0.3) is 0 Å². The van der Waals surface area contributed by atoms with Gasteiger partial charge < -0.3 is 18.3 Å². The fourth-order valence-corrected chi connectivity index (χ4v) is 11.1. The number of carbonyl (C=O) groups excluding carboxylic acids is 2. The van der Waals surface area contributed by atoms with Gasteiger partial charge in [-0.15, -0.1) is 0 Å². The highest BCUT2D eigenvalue weighted by Crippen LogP contribution is 2.78. The molecule has 0 N–H and O–H groups in total. The van der Waals surface area contributed by atoms with Gasteiger partial charge in [0.15, 0.2) is 16.6 Å². The van der Waals surface area contributed by atoms with Crippen LogP contribution in [0.4, 0.5) is 0 Å². The minimum atomic E-state index is -2.00. The fourth-order valence-electron chi connectivity index (χ4n) is 8.56. The minimum absolute atomic E-state index is 0.0104. The van der Waals surface area contributed by atoms with Gasteiger partial charge in [-0.25, -0.2) is 0 Å². The zero-order valence-corrected chi connectivity index (χ0v) is 23.9. The van der Waals surface area contributed by atoms with Crippen molar-refractivity contribution >= 4 is 28.6 Å². The van der Waals surface area contributed by atoms with E-state index in [1.807, 2.05) is 13.0 Å². The maximum absolute atomic E-state index is 13.6. The number of hydrogen-bond acceptors (Lipinski definition) is 6. The number of rotatable bonds is 5. The van der Waals surface area contributed by atoms with Gasteiger partial charge in [-0.1, -0.05) is 18.7 Å². The van der Waals surface area contributed by atoms with E-state index in [1.165, 1.54) is 7.11 Å². The highest BCUT2D eigenvalue weighted by atomic mass is 28.4. The second kappa shape index (κ2) is 6.96. The molecular weight excluding hydrogens is 464 g/mol. The maximum atomic E-state index is 13.6. The molecule has 0 aromatic carbocycles. The second-order valence-electron chi connectivity index (χ2n) is 13.5. The monoisotopic (exact) mass is 504 g/mol. The SMILES string of the molecule is C=C1C[C@]23C[C@@]1(O[Si](C)(C)C)[C@H](O[Si](C)(C)C)CC2[C@@]12CC=CC(C)(C(=O)O1)C2C3C(=O)OC. The molecule has 4 unspecified atom stereocenters. The molecule has 34 heavy (non-hydrogen) atoms. The number of ether oxygens (including phenoxy) is 2. The number of carbonyl (C=O) groups is 2. The number of hydrogen-bond donors (Lipinski definition) is 0. The summed E-state index contributed by atoms with van der Waals surface area (Å²) in [6.45, 7) is 19.7. The molecule has 4 fully saturated rings. The van der Waals surface area contributed by atoms with E-state index in [9.17, 15) is 9.59 Å². The molecule has 1 aliphatic heterocycles. The van der Waals surface area contributed by atoms with Crippen LogP contribution >= 0.6 is 0 Å². The zero-order chi connectivity index (χ0) is 25.1. The van der Waals surface area contributed by atoms with Gasteiger partial charge in [0, 0.05) is 18.3 Å². The first-order valence-electron chi connectivity index (χ1n) is 12.6. The fraction of sp³-hybridized carbons (Fsp3) is 0.769. The van der Waals surface area contributed by atoms with E-state index >= 15 is 0 Å². The molecule has 0 amide bonds. The van der Waals surface area contributed by atoms with Gasteiger partial charge in [0.2, 0.25) is 0 Å². The van der Waals surface area contributed by atoms with Crippen molar-refractivity contribution in [3.8, 4) is 0 Å². The third-order valence-corrected chi connectivity index (χ3v) is 11.1. The predicted molar refractivity (Wildman–Crippen MR) is 134 cm³/mol. The Kier molecular flexibility index (Phi) is 5.01. The summed E-state index contributed by atoms with van der Waals surface area (Å²) < 4.78 is 25.7. The number of fused-ring (bicyclic) bond motifs is 1. The van der Waals surface area contributed by atoms with Crippen LogP contribution in [0.5, 0.6) is 0 Å². The van der Waals surface area contributed by atoms with Crippen molar-refractivity contribution < 1.29 is 27.9 Å². The summed E-state index contributed by atoms with van der Waals surface area (Å²) in [5.41, 5.74) is -1.54. The summed E-state index contributed by atoms with van der Waals surface area (Å²) in [5, 5.41) is 0. The maximum Gasteiger partial charge on any atom is 0.316 e. The lowest BCUT2D eigenvalue weighted by Gasteiger charge is -2.53. The smallest absolute Gasteiger partial charge is 0.316 e. The van der Waals surface area contributed by atoms with Crippen molar-refractivity contribution in [1.82, 2.24) is 0 Å². The van der Waals surface area contributed by atoms with Crippen LogP contribution in [0.15, 0.2) is 24.3 Å². The topological polar surface area (TPSA) is 71.1 Å². The average Bonchev–Trinajstić information content (AvgIpc) is 3.10. The predicted octanol–water partition coefficient (Wildman–Crippen LogP) is 4.83. The van der Waals surface area contributed by atoms with Crippen LogP contribution in [0.1, 0.15) is 32.6 Å². The van der Waals surface area contributed by atoms with E-state index in [4.69, 9.17) is 18.3 Å². The molecule has 1 saturated heterocycles. The molecule has 5 rings (SSSR count). The molecule has 3 saturated carbocycles. The Morgan fingerprint density at radius 2 is 1.85 bits per heavy atom. The van der Waals surface area contributed by atoms with Gasteiger partial charge >= 0.3 is 11.9 Å². The summed E-state index contributed by atoms with van der Waals surface area (Å²) in [6.07, 6.45) is 6.59.